The van der Waals surface area contributed by atoms with Gasteiger partial charge in [0.05, 0.1) is 12.1 Å². The fourth-order valence-electron chi connectivity index (χ4n) is 3.11. The quantitative estimate of drug-likeness (QED) is 0.828. The minimum atomic E-state index is -0.102. The summed E-state index contributed by atoms with van der Waals surface area (Å²) in [5.74, 6) is 0.160. The Morgan fingerprint density at radius 2 is 2.00 bits per heavy atom. The van der Waals surface area contributed by atoms with Crippen LogP contribution in [0.25, 0.3) is 0 Å². The highest BCUT2D eigenvalue weighted by Crippen LogP contribution is 2.28. The van der Waals surface area contributed by atoms with Gasteiger partial charge in [0.25, 0.3) is 0 Å². The number of amides is 1. The number of nitrogens with zero attached hydrogens (tertiary/aromatic N) is 1. The van der Waals surface area contributed by atoms with Crippen molar-refractivity contribution in [3.8, 4) is 0 Å². The van der Waals surface area contributed by atoms with Crippen LogP contribution in [0.4, 0.5) is 0 Å². The van der Waals surface area contributed by atoms with Crippen molar-refractivity contribution < 1.29 is 9.53 Å². The summed E-state index contributed by atoms with van der Waals surface area (Å²) in [6.07, 6.45) is 1.84. The van der Waals surface area contributed by atoms with E-state index in [0.29, 0.717) is 12.0 Å². The molecule has 0 aromatic heterocycles. The molecule has 0 unspecified atom stereocenters. The molecule has 2 aliphatic rings. The zero-order valence-electron chi connectivity index (χ0n) is 12.1. The van der Waals surface area contributed by atoms with Gasteiger partial charge in [-0.2, -0.15) is 0 Å². The lowest BCUT2D eigenvalue weighted by atomic mass is 9.84. The molecule has 0 saturated carbocycles. The molecule has 0 aromatic carbocycles. The normalized spacial score (nSPS) is 30.6. The van der Waals surface area contributed by atoms with Gasteiger partial charge in [0.15, 0.2) is 0 Å². The summed E-state index contributed by atoms with van der Waals surface area (Å²) < 4.78 is 5.66. The number of carbonyl (C=O) groups is 1. The molecule has 0 bridgehead atoms. The summed E-state index contributed by atoms with van der Waals surface area (Å²) in [5, 5.41) is 3.14. The van der Waals surface area contributed by atoms with Crippen molar-refractivity contribution in [3.05, 3.63) is 0 Å². The van der Waals surface area contributed by atoms with Crippen molar-refractivity contribution in [2.24, 2.45) is 5.41 Å². The predicted molar refractivity (Wildman–Crippen MR) is 71.4 cm³/mol. The van der Waals surface area contributed by atoms with Gasteiger partial charge >= 0.3 is 0 Å². The van der Waals surface area contributed by atoms with Crippen LogP contribution in [0, 0.1) is 5.41 Å². The predicted octanol–water partition coefficient (Wildman–Crippen LogP) is 1.40. The van der Waals surface area contributed by atoms with Gasteiger partial charge < -0.3 is 10.1 Å². The number of hydrogen-bond donors (Lipinski definition) is 1. The third-order valence-electron chi connectivity index (χ3n) is 3.73. The van der Waals surface area contributed by atoms with Crippen molar-refractivity contribution in [2.75, 3.05) is 26.2 Å². The smallest absolute Gasteiger partial charge is 0.234 e. The van der Waals surface area contributed by atoms with Crippen molar-refractivity contribution in [1.29, 1.82) is 0 Å². The Hall–Kier alpha value is -0.610. The number of nitrogens with one attached hydrogen (secondary N) is 1. The zero-order valence-corrected chi connectivity index (χ0v) is 12.1. The van der Waals surface area contributed by atoms with E-state index < -0.39 is 0 Å². The molecule has 0 aromatic rings. The standard InChI is InChI=1S/C14H26N2O2/c1-13(2)9-16(10-13)8-12(17)15-11-5-6-18-14(3,4)7-11/h11H,5-10H2,1-4H3,(H,15,17)/t11-/m1/s1. The van der Waals surface area contributed by atoms with E-state index in [1.54, 1.807) is 0 Å². The van der Waals surface area contributed by atoms with Crippen LogP contribution in [-0.4, -0.2) is 48.7 Å². The monoisotopic (exact) mass is 254 g/mol. The Bertz CT molecular complexity index is 318. The van der Waals surface area contributed by atoms with Gasteiger partial charge in [-0.1, -0.05) is 13.8 Å². The first-order valence-corrected chi connectivity index (χ1v) is 6.91. The lowest BCUT2D eigenvalue weighted by molar-refractivity contribution is -0.127. The molecule has 18 heavy (non-hydrogen) atoms. The van der Waals surface area contributed by atoms with Gasteiger partial charge in [0, 0.05) is 25.7 Å². The lowest BCUT2D eigenvalue weighted by Gasteiger charge is -2.45. The highest BCUT2D eigenvalue weighted by molar-refractivity contribution is 5.78. The first kappa shape index (κ1) is 13.8. The van der Waals surface area contributed by atoms with E-state index in [1.165, 1.54) is 0 Å². The third kappa shape index (κ3) is 3.69. The molecule has 2 aliphatic heterocycles. The molecule has 1 N–H and O–H groups in total. The van der Waals surface area contributed by atoms with Crippen molar-refractivity contribution in [2.45, 2.75) is 52.2 Å². The number of rotatable bonds is 3. The number of likely N-dealkylation sites (tertiary alicyclic amines) is 1. The second-order valence-electron chi connectivity index (χ2n) is 7.17. The molecule has 1 amide bonds. The van der Waals surface area contributed by atoms with E-state index in [4.69, 9.17) is 4.74 Å². The van der Waals surface area contributed by atoms with Crippen LogP contribution in [-0.2, 0) is 9.53 Å². The Kier molecular flexibility index (Phi) is 3.70. The van der Waals surface area contributed by atoms with Gasteiger partial charge in [-0.3, -0.25) is 9.69 Å². The second-order valence-corrected chi connectivity index (χ2v) is 7.17. The zero-order chi connectivity index (χ0) is 13.4. The summed E-state index contributed by atoms with van der Waals surface area (Å²) in [7, 11) is 0. The SMILES string of the molecule is CC1(C)CN(CC(=O)N[C@@H]2CCOC(C)(C)C2)C1. The molecule has 2 saturated heterocycles. The molecule has 4 nitrogen and oxygen atoms in total. The van der Waals surface area contributed by atoms with Crippen LogP contribution in [0.1, 0.15) is 40.5 Å². The van der Waals surface area contributed by atoms with Gasteiger partial charge in [0.1, 0.15) is 0 Å². The average Bonchev–Trinajstić information content (AvgIpc) is 2.12. The van der Waals surface area contributed by atoms with Crippen LogP contribution in [0.2, 0.25) is 0 Å². The van der Waals surface area contributed by atoms with E-state index in [2.05, 4.69) is 37.9 Å². The summed E-state index contributed by atoms with van der Waals surface area (Å²) in [6, 6.07) is 0.274. The molecular formula is C14H26N2O2. The summed E-state index contributed by atoms with van der Waals surface area (Å²) in [6.45, 7) is 12.0. The van der Waals surface area contributed by atoms with Crippen LogP contribution < -0.4 is 5.32 Å². The van der Waals surface area contributed by atoms with E-state index in [-0.39, 0.29) is 17.6 Å². The Balaban J connectivity index is 1.71. The Morgan fingerprint density at radius 3 is 2.56 bits per heavy atom. The number of ether oxygens (including phenoxy) is 1. The van der Waals surface area contributed by atoms with Gasteiger partial charge in [-0.15, -0.1) is 0 Å². The summed E-state index contributed by atoms with van der Waals surface area (Å²) in [5.41, 5.74) is 0.288. The lowest BCUT2D eigenvalue weighted by Crippen LogP contribution is -2.57. The van der Waals surface area contributed by atoms with Crippen molar-refractivity contribution in [1.82, 2.24) is 10.2 Å². The molecule has 0 aliphatic carbocycles. The Labute approximate surface area is 110 Å². The summed E-state index contributed by atoms with van der Waals surface area (Å²) >= 11 is 0. The summed E-state index contributed by atoms with van der Waals surface area (Å²) in [4.78, 5) is 14.2. The highest BCUT2D eigenvalue weighted by Gasteiger charge is 2.35. The van der Waals surface area contributed by atoms with E-state index >= 15 is 0 Å². The largest absolute Gasteiger partial charge is 0.375 e. The van der Waals surface area contributed by atoms with Gasteiger partial charge in [-0.25, -0.2) is 0 Å². The van der Waals surface area contributed by atoms with E-state index in [0.717, 1.165) is 32.5 Å². The minimum absolute atomic E-state index is 0.102. The van der Waals surface area contributed by atoms with Crippen molar-refractivity contribution in [3.63, 3.8) is 0 Å². The van der Waals surface area contributed by atoms with Crippen LogP contribution in [0.15, 0.2) is 0 Å². The minimum Gasteiger partial charge on any atom is -0.375 e. The van der Waals surface area contributed by atoms with Gasteiger partial charge in [0.2, 0.25) is 5.91 Å². The molecule has 2 fully saturated rings. The maximum atomic E-state index is 11.9. The Morgan fingerprint density at radius 1 is 1.33 bits per heavy atom. The molecule has 1 atom stereocenters. The van der Waals surface area contributed by atoms with Gasteiger partial charge in [-0.05, 0) is 32.1 Å². The van der Waals surface area contributed by atoms with E-state index in [9.17, 15) is 4.79 Å². The van der Waals surface area contributed by atoms with Crippen LogP contribution in [0.3, 0.4) is 0 Å². The fourth-order valence-corrected chi connectivity index (χ4v) is 3.11. The first-order valence-electron chi connectivity index (χ1n) is 6.91. The third-order valence-corrected chi connectivity index (χ3v) is 3.73. The molecule has 0 radical (unpaired) electrons. The molecular weight excluding hydrogens is 228 g/mol. The average molecular weight is 254 g/mol. The molecule has 2 heterocycles. The maximum absolute atomic E-state index is 11.9. The maximum Gasteiger partial charge on any atom is 0.234 e. The van der Waals surface area contributed by atoms with Crippen LogP contribution in [0.5, 0.6) is 0 Å². The molecule has 2 rings (SSSR count). The topological polar surface area (TPSA) is 41.6 Å². The number of carbonyl (C=O) groups excluding carboxylic acids is 1. The highest BCUT2D eigenvalue weighted by atomic mass is 16.5. The first-order chi connectivity index (χ1) is 8.26. The van der Waals surface area contributed by atoms with Crippen LogP contribution >= 0.6 is 0 Å². The molecule has 0 spiro atoms. The van der Waals surface area contributed by atoms with E-state index in [1.807, 2.05) is 0 Å². The fraction of sp³-hybridized carbons (Fsp3) is 0.929. The molecule has 4 heteroatoms. The molecule has 104 valence electrons. The second kappa shape index (κ2) is 4.82. The number of hydrogen-bond acceptors (Lipinski definition) is 3. The van der Waals surface area contributed by atoms with Crippen molar-refractivity contribution >= 4 is 5.91 Å².